The Hall–Kier alpha value is -3.16. The van der Waals surface area contributed by atoms with Crippen molar-refractivity contribution in [3.8, 4) is 0 Å². The number of amides is 3. The number of hydrogen-bond acceptors (Lipinski definition) is 5. The fourth-order valence-corrected chi connectivity index (χ4v) is 2.66. The Labute approximate surface area is 164 Å². The summed E-state index contributed by atoms with van der Waals surface area (Å²) < 4.78 is 4.89. The van der Waals surface area contributed by atoms with Crippen molar-refractivity contribution >= 4 is 23.5 Å². The number of carbonyl (C=O) groups excluding carboxylic acids is 3. The largest absolute Gasteiger partial charge is 0.360 e. The van der Waals surface area contributed by atoms with Crippen LogP contribution in [0.15, 0.2) is 34.9 Å². The van der Waals surface area contributed by atoms with Crippen LogP contribution in [0.4, 0.5) is 5.82 Å². The molecule has 0 aliphatic rings. The molecule has 0 unspecified atom stereocenters. The lowest BCUT2D eigenvalue weighted by Gasteiger charge is -2.26. The van der Waals surface area contributed by atoms with E-state index in [9.17, 15) is 14.4 Å². The lowest BCUT2D eigenvalue weighted by molar-refractivity contribution is -0.135. The summed E-state index contributed by atoms with van der Waals surface area (Å²) in [6, 6.07) is 7.97. The van der Waals surface area contributed by atoms with Crippen molar-refractivity contribution < 1.29 is 18.9 Å². The third-order valence-electron chi connectivity index (χ3n) is 4.15. The first-order chi connectivity index (χ1) is 13.2. The molecule has 2 N–H and O–H groups in total. The van der Waals surface area contributed by atoms with Crippen LogP contribution in [0.5, 0.6) is 0 Å². The van der Waals surface area contributed by atoms with Crippen molar-refractivity contribution in [1.82, 2.24) is 15.4 Å². The minimum absolute atomic E-state index is 0.148. The average Bonchev–Trinajstić information content (AvgIpc) is 3.03. The highest BCUT2D eigenvalue weighted by Crippen LogP contribution is 2.10. The van der Waals surface area contributed by atoms with Gasteiger partial charge in [0.25, 0.3) is 5.91 Å². The van der Waals surface area contributed by atoms with Crippen LogP contribution in [0.3, 0.4) is 0 Å². The first kappa shape index (κ1) is 21.1. The molecule has 0 fully saturated rings. The van der Waals surface area contributed by atoms with Gasteiger partial charge in [-0.1, -0.05) is 36.7 Å². The van der Waals surface area contributed by atoms with Crippen molar-refractivity contribution in [1.29, 1.82) is 0 Å². The highest BCUT2D eigenvalue weighted by molar-refractivity contribution is 5.99. The van der Waals surface area contributed by atoms with E-state index in [1.165, 1.54) is 11.9 Å². The second kappa shape index (κ2) is 9.16. The molecule has 28 heavy (non-hydrogen) atoms. The van der Waals surface area contributed by atoms with Crippen LogP contribution in [0.25, 0.3) is 0 Å². The van der Waals surface area contributed by atoms with E-state index in [2.05, 4.69) is 15.8 Å². The zero-order chi connectivity index (χ0) is 20.8. The van der Waals surface area contributed by atoms with Crippen LogP contribution >= 0.6 is 0 Å². The van der Waals surface area contributed by atoms with Gasteiger partial charge in [0.1, 0.15) is 11.8 Å². The van der Waals surface area contributed by atoms with Crippen molar-refractivity contribution in [3.05, 3.63) is 47.2 Å². The Morgan fingerprint density at radius 1 is 1.18 bits per heavy atom. The monoisotopic (exact) mass is 386 g/mol. The molecular weight excluding hydrogens is 360 g/mol. The molecule has 8 nitrogen and oxygen atoms in total. The van der Waals surface area contributed by atoms with Gasteiger partial charge in [0.15, 0.2) is 5.82 Å². The second-order valence-electron chi connectivity index (χ2n) is 7.13. The van der Waals surface area contributed by atoms with E-state index < -0.39 is 11.9 Å². The minimum Gasteiger partial charge on any atom is -0.360 e. The molecule has 2 aromatic rings. The summed E-state index contributed by atoms with van der Waals surface area (Å²) in [7, 11) is 1.52. The Balaban J connectivity index is 2.00. The molecule has 150 valence electrons. The van der Waals surface area contributed by atoms with Crippen LogP contribution in [0.1, 0.15) is 35.5 Å². The van der Waals surface area contributed by atoms with Crippen molar-refractivity contribution in [3.63, 3.8) is 0 Å². The molecule has 2 rings (SSSR count). The molecule has 1 aromatic carbocycles. The summed E-state index contributed by atoms with van der Waals surface area (Å²) in [6.07, 6.45) is 0. The van der Waals surface area contributed by atoms with Gasteiger partial charge in [-0.15, -0.1) is 0 Å². The molecule has 0 saturated heterocycles. The summed E-state index contributed by atoms with van der Waals surface area (Å²) in [4.78, 5) is 38.7. The summed E-state index contributed by atoms with van der Waals surface area (Å²) in [5.41, 5.74) is 1.44. The number of aromatic nitrogens is 1. The van der Waals surface area contributed by atoms with Gasteiger partial charge < -0.3 is 20.1 Å². The maximum Gasteiger partial charge on any atom is 0.251 e. The number of benzene rings is 1. The molecule has 0 aliphatic carbocycles. The predicted octanol–water partition coefficient (Wildman–Crippen LogP) is 2.14. The number of aryl methyl sites for hydroxylation is 2. The van der Waals surface area contributed by atoms with E-state index in [1.54, 1.807) is 31.2 Å². The first-order valence-electron chi connectivity index (χ1n) is 9.03. The SMILES string of the molecule is Cc1cccc(C(=O)N[C@H](C(=O)N(C)CC(=O)Nc2cc(C)on2)C(C)C)c1. The van der Waals surface area contributed by atoms with Gasteiger partial charge in [-0.2, -0.15) is 0 Å². The van der Waals surface area contributed by atoms with Crippen LogP contribution in [0, 0.1) is 19.8 Å². The van der Waals surface area contributed by atoms with E-state index in [0.29, 0.717) is 11.3 Å². The van der Waals surface area contributed by atoms with Crippen LogP contribution in [-0.4, -0.2) is 47.4 Å². The summed E-state index contributed by atoms with van der Waals surface area (Å²) in [5, 5.41) is 9.03. The zero-order valence-electron chi connectivity index (χ0n) is 16.8. The zero-order valence-corrected chi connectivity index (χ0v) is 16.8. The number of hydrogen-bond donors (Lipinski definition) is 2. The normalized spacial score (nSPS) is 11.8. The van der Waals surface area contributed by atoms with E-state index >= 15 is 0 Å². The Morgan fingerprint density at radius 2 is 1.89 bits per heavy atom. The van der Waals surface area contributed by atoms with Gasteiger partial charge >= 0.3 is 0 Å². The quantitative estimate of drug-likeness (QED) is 0.759. The first-order valence-corrected chi connectivity index (χ1v) is 9.03. The maximum absolute atomic E-state index is 12.8. The topological polar surface area (TPSA) is 105 Å². The molecular formula is C20H26N4O4. The lowest BCUT2D eigenvalue weighted by Crippen LogP contribution is -2.51. The number of anilines is 1. The van der Waals surface area contributed by atoms with Crippen LogP contribution < -0.4 is 10.6 Å². The van der Waals surface area contributed by atoms with Gasteiger partial charge in [0, 0.05) is 18.7 Å². The smallest absolute Gasteiger partial charge is 0.251 e. The molecule has 0 saturated carbocycles. The molecule has 1 aromatic heterocycles. The van der Waals surface area contributed by atoms with Crippen molar-refractivity contribution in [2.45, 2.75) is 33.7 Å². The van der Waals surface area contributed by atoms with Gasteiger partial charge in [-0.25, -0.2) is 0 Å². The summed E-state index contributed by atoms with van der Waals surface area (Å²) in [6.45, 7) is 7.11. The van der Waals surface area contributed by atoms with E-state index in [4.69, 9.17) is 4.52 Å². The third-order valence-corrected chi connectivity index (χ3v) is 4.15. The second-order valence-corrected chi connectivity index (χ2v) is 7.13. The number of nitrogens with one attached hydrogen (secondary N) is 2. The molecule has 0 spiro atoms. The average molecular weight is 386 g/mol. The fourth-order valence-electron chi connectivity index (χ4n) is 2.66. The van der Waals surface area contributed by atoms with E-state index in [1.807, 2.05) is 26.8 Å². The molecule has 0 aliphatic heterocycles. The van der Waals surface area contributed by atoms with E-state index in [-0.39, 0.29) is 30.1 Å². The van der Waals surface area contributed by atoms with Gasteiger partial charge in [-0.3, -0.25) is 14.4 Å². The summed E-state index contributed by atoms with van der Waals surface area (Å²) >= 11 is 0. The molecule has 0 bridgehead atoms. The highest BCUT2D eigenvalue weighted by atomic mass is 16.5. The number of likely N-dealkylation sites (N-methyl/N-ethyl adjacent to an activating group) is 1. The van der Waals surface area contributed by atoms with Gasteiger partial charge in [-0.05, 0) is 31.9 Å². The molecule has 1 atom stereocenters. The van der Waals surface area contributed by atoms with Crippen LogP contribution in [-0.2, 0) is 9.59 Å². The minimum atomic E-state index is -0.750. The maximum atomic E-state index is 12.8. The number of nitrogens with zero attached hydrogens (tertiary/aromatic N) is 2. The van der Waals surface area contributed by atoms with Crippen molar-refractivity contribution in [2.24, 2.45) is 5.92 Å². The Bertz CT molecular complexity index is 859. The number of carbonyl (C=O) groups is 3. The van der Waals surface area contributed by atoms with Gasteiger partial charge in [0.2, 0.25) is 11.8 Å². The Morgan fingerprint density at radius 3 is 2.46 bits per heavy atom. The third kappa shape index (κ3) is 5.67. The molecule has 0 radical (unpaired) electrons. The fraction of sp³-hybridized carbons (Fsp3) is 0.400. The lowest BCUT2D eigenvalue weighted by atomic mass is 10.0. The van der Waals surface area contributed by atoms with E-state index in [0.717, 1.165) is 5.56 Å². The Kier molecular flexibility index (Phi) is 6.92. The molecule has 8 heteroatoms. The van der Waals surface area contributed by atoms with Crippen LogP contribution in [0.2, 0.25) is 0 Å². The molecule has 1 heterocycles. The van der Waals surface area contributed by atoms with Crippen molar-refractivity contribution in [2.75, 3.05) is 18.9 Å². The standard InChI is InChI=1S/C20H26N4O4/c1-12(2)18(22-19(26)15-8-6-7-13(3)9-15)20(27)24(5)11-17(25)21-16-10-14(4)28-23-16/h6-10,12,18H,11H2,1-5H3,(H,22,26)(H,21,23,25)/t18-/m0/s1. The predicted molar refractivity (Wildman–Crippen MR) is 105 cm³/mol. The van der Waals surface area contributed by atoms with Gasteiger partial charge in [0.05, 0.1) is 6.54 Å². The summed E-state index contributed by atoms with van der Waals surface area (Å²) in [5.74, 6) is -0.370. The number of rotatable bonds is 7. The molecule has 3 amide bonds. The highest BCUT2D eigenvalue weighted by Gasteiger charge is 2.28.